The van der Waals surface area contributed by atoms with Crippen molar-refractivity contribution in [1.29, 1.82) is 0 Å². The van der Waals surface area contributed by atoms with Crippen molar-refractivity contribution in [2.45, 2.75) is 32.7 Å². The summed E-state index contributed by atoms with van der Waals surface area (Å²) in [6.45, 7) is 8.39. The van der Waals surface area contributed by atoms with Gasteiger partial charge in [0.2, 0.25) is 0 Å². The summed E-state index contributed by atoms with van der Waals surface area (Å²) in [6, 6.07) is 0.631. The zero-order chi connectivity index (χ0) is 6.85. The van der Waals surface area contributed by atoms with Gasteiger partial charge in [-0.25, -0.2) is 0 Å². The Hall–Kier alpha value is -0.460. The van der Waals surface area contributed by atoms with Gasteiger partial charge in [-0.2, -0.15) is 0 Å². The van der Waals surface area contributed by atoms with Crippen molar-refractivity contribution in [1.82, 2.24) is 5.32 Å². The average Bonchev–Trinajstić information content (AvgIpc) is 1.80. The molecule has 1 heterocycles. The number of nitrogens with one attached hydrogen (secondary N) is 1. The Morgan fingerprint density at radius 1 is 1.56 bits per heavy atom. The molecule has 1 N–H and O–H groups in total. The molecule has 0 amide bonds. The topological polar surface area (TPSA) is 12.0 Å². The van der Waals surface area contributed by atoms with Crippen LogP contribution in [0.15, 0.2) is 12.3 Å². The highest BCUT2D eigenvalue weighted by Crippen LogP contribution is 2.19. The molecule has 1 fully saturated rings. The third kappa shape index (κ3) is 1.47. The van der Waals surface area contributed by atoms with Crippen LogP contribution in [0.4, 0.5) is 0 Å². The second kappa shape index (κ2) is 2.42. The van der Waals surface area contributed by atoms with E-state index in [2.05, 4.69) is 25.7 Å². The quantitative estimate of drug-likeness (QED) is 0.521. The zero-order valence-corrected chi connectivity index (χ0v) is 6.28. The first kappa shape index (κ1) is 6.66. The second-order valence-corrected chi connectivity index (χ2v) is 3.05. The number of piperidine rings is 1. The van der Waals surface area contributed by atoms with E-state index in [0.29, 0.717) is 6.04 Å². The lowest BCUT2D eigenvalue weighted by Gasteiger charge is -2.29. The third-order valence-electron chi connectivity index (χ3n) is 2.19. The molecule has 1 aliphatic rings. The Balaban J connectivity index is 2.44. The van der Waals surface area contributed by atoms with Gasteiger partial charge in [0, 0.05) is 11.7 Å². The predicted octanol–water partition coefficient (Wildman–Crippen LogP) is 1.91. The Bertz CT molecular complexity index is 118. The Morgan fingerprint density at radius 3 is 2.67 bits per heavy atom. The third-order valence-corrected chi connectivity index (χ3v) is 2.19. The van der Waals surface area contributed by atoms with Gasteiger partial charge >= 0.3 is 0 Å². The summed E-state index contributed by atoms with van der Waals surface area (Å²) < 4.78 is 0. The van der Waals surface area contributed by atoms with Crippen LogP contribution >= 0.6 is 0 Å². The number of hydrogen-bond acceptors (Lipinski definition) is 1. The van der Waals surface area contributed by atoms with E-state index in [1.54, 1.807) is 0 Å². The lowest BCUT2D eigenvalue weighted by atomic mass is 9.93. The van der Waals surface area contributed by atoms with Crippen molar-refractivity contribution in [3.8, 4) is 0 Å². The van der Waals surface area contributed by atoms with E-state index in [1.165, 1.54) is 12.1 Å². The molecule has 2 atom stereocenters. The van der Waals surface area contributed by atoms with Crippen LogP contribution in [0.2, 0.25) is 0 Å². The maximum absolute atomic E-state index is 3.89. The van der Waals surface area contributed by atoms with E-state index in [-0.39, 0.29) is 0 Å². The molecule has 0 aliphatic carbocycles. The molecule has 52 valence electrons. The van der Waals surface area contributed by atoms with Crippen LogP contribution in [-0.4, -0.2) is 6.04 Å². The maximum atomic E-state index is 3.89. The molecule has 1 rings (SSSR count). The molecule has 0 aromatic heterocycles. The summed E-state index contributed by atoms with van der Waals surface area (Å²) in [7, 11) is 0. The molecular weight excluding hydrogens is 110 g/mol. The average molecular weight is 125 g/mol. The normalized spacial score (nSPS) is 36.0. The molecule has 1 nitrogen and oxygen atoms in total. The standard InChI is InChI=1S/C8H15N/c1-6-4-5-7(2)9-8(6)3/h6,8-9H,2,4-5H2,1,3H3. The number of rotatable bonds is 0. The highest BCUT2D eigenvalue weighted by Gasteiger charge is 2.17. The summed E-state index contributed by atoms with van der Waals surface area (Å²) in [5.74, 6) is 0.815. The fraction of sp³-hybridized carbons (Fsp3) is 0.750. The molecular formula is C8H15N. The van der Waals surface area contributed by atoms with E-state index in [1.807, 2.05) is 0 Å². The first-order valence-electron chi connectivity index (χ1n) is 3.64. The highest BCUT2D eigenvalue weighted by molar-refractivity contribution is 4.98. The highest BCUT2D eigenvalue weighted by atomic mass is 14.9. The first-order chi connectivity index (χ1) is 4.20. The van der Waals surface area contributed by atoms with Crippen LogP contribution in [0.3, 0.4) is 0 Å². The van der Waals surface area contributed by atoms with Gasteiger partial charge in [0.15, 0.2) is 0 Å². The van der Waals surface area contributed by atoms with Crippen LogP contribution in [0, 0.1) is 5.92 Å². The van der Waals surface area contributed by atoms with Gasteiger partial charge in [-0.3, -0.25) is 0 Å². The molecule has 1 aliphatic heterocycles. The molecule has 1 saturated heterocycles. The molecule has 2 unspecified atom stereocenters. The zero-order valence-electron chi connectivity index (χ0n) is 6.28. The minimum Gasteiger partial charge on any atom is -0.386 e. The smallest absolute Gasteiger partial charge is 0.0255 e. The molecule has 0 radical (unpaired) electrons. The fourth-order valence-corrected chi connectivity index (χ4v) is 1.19. The fourth-order valence-electron chi connectivity index (χ4n) is 1.19. The van der Waals surface area contributed by atoms with Crippen molar-refractivity contribution in [3.63, 3.8) is 0 Å². The molecule has 0 saturated carbocycles. The molecule has 0 bridgehead atoms. The predicted molar refractivity (Wildman–Crippen MR) is 40.1 cm³/mol. The van der Waals surface area contributed by atoms with Crippen LogP contribution in [-0.2, 0) is 0 Å². The van der Waals surface area contributed by atoms with Crippen LogP contribution in [0.25, 0.3) is 0 Å². The van der Waals surface area contributed by atoms with Crippen LogP contribution < -0.4 is 5.32 Å². The maximum Gasteiger partial charge on any atom is 0.0255 e. The van der Waals surface area contributed by atoms with Crippen LogP contribution in [0.1, 0.15) is 26.7 Å². The SMILES string of the molecule is C=C1CCC(C)C(C)N1. The van der Waals surface area contributed by atoms with E-state index >= 15 is 0 Å². The Kier molecular flexibility index (Phi) is 1.79. The summed E-state index contributed by atoms with van der Waals surface area (Å²) in [5, 5.41) is 3.33. The number of allylic oxidation sites excluding steroid dienone is 1. The second-order valence-electron chi connectivity index (χ2n) is 3.05. The lowest BCUT2D eigenvalue weighted by Crippen LogP contribution is -2.35. The largest absolute Gasteiger partial charge is 0.386 e. The first-order valence-corrected chi connectivity index (χ1v) is 3.64. The molecule has 0 aromatic carbocycles. The van der Waals surface area contributed by atoms with Crippen molar-refractivity contribution < 1.29 is 0 Å². The van der Waals surface area contributed by atoms with Crippen LogP contribution in [0.5, 0.6) is 0 Å². The molecule has 0 aromatic rings. The minimum absolute atomic E-state index is 0.631. The van der Waals surface area contributed by atoms with E-state index in [4.69, 9.17) is 0 Å². The van der Waals surface area contributed by atoms with Crippen molar-refractivity contribution >= 4 is 0 Å². The molecule has 1 heteroatoms. The van der Waals surface area contributed by atoms with Gasteiger partial charge in [-0.05, 0) is 25.7 Å². The monoisotopic (exact) mass is 125 g/mol. The Labute approximate surface area is 57.1 Å². The summed E-state index contributed by atoms with van der Waals surface area (Å²) >= 11 is 0. The minimum atomic E-state index is 0.631. The summed E-state index contributed by atoms with van der Waals surface area (Å²) in [6.07, 6.45) is 2.46. The van der Waals surface area contributed by atoms with Crippen molar-refractivity contribution in [3.05, 3.63) is 12.3 Å². The van der Waals surface area contributed by atoms with Gasteiger partial charge in [0.05, 0.1) is 0 Å². The van der Waals surface area contributed by atoms with E-state index < -0.39 is 0 Å². The van der Waals surface area contributed by atoms with Gasteiger partial charge in [-0.1, -0.05) is 13.5 Å². The van der Waals surface area contributed by atoms with Gasteiger partial charge < -0.3 is 5.32 Å². The van der Waals surface area contributed by atoms with Gasteiger partial charge in [0.1, 0.15) is 0 Å². The Morgan fingerprint density at radius 2 is 2.22 bits per heavy atom. The van der Waals surface area contributed by atoms with E-state index in [9.17, 15) is 0 Å². The van der Waals surface area contributed by atoms with Crippen molar-refractivity contribution in [2.75, 3.05) is 0 Å². The van der Waals surface area contributed by atoms with Gasteiger partial charge in [-0.15, -0.1) is 0 Å². The van der Waals surface area contributed by atoms with Gasteiger partial charge in [0.25, 0.3) is 0 Å². The number of hydrogen-bond donors (Lipinski definition) is 1. The van der Waals surface area contributed by atoms with Crippen molar-refractivity contribution in [2.24, 2.45) is 5.92 Å². The molecule has 0 spiro atoms. The molecule has 9 heavy (non-hydrogen) atoms. The summed E-state index contributed by atoms with van der Waals surface area (Å²) in [5.41, 5.74) is 1.21. The lowest BCUT2D eigenvalue weighted by molar-refractivity contribution is 0.356. The van der Waals surface area contributed by atoms with E-state index in [0.717, 1.165) is 12.3 Å². The summed E-state index contributed by atoms with van der Waals surface area (Å²) in [4.78, 5) is 0.